The molecule has 0 saturated carbocycles. The lowest BCUT2D eigenvalue weighted by Gasteiger charge is -2.09. The number of sulfone groups is 1. The summed E-state index contributed by atoms with van der Waals surface area (Å²) in [5, 5.41) is 1.84. The SMILES string of the molecule is CCc1ccc2c3c(C(N)=O)cccc3n(Cc3ccc(S(C)(=O)=O)cc3)c2c1. The number of primary amides is 1. The van der Waals surface area contributed by atoms with Crippen LogP contribution in [0.3, 0.4) is 0 Å². The first-order chi connectivity index (χ1) is 13.8. The Morgan fingerprint density at radius 1 is 0.966 bits per heavy atom. The van der Waals surface area contributed by atoms with Crippen LogP contribution in [0, 0.1) is 0 Å². The van der Waals surface area contributed by atoms with Crippen molar-refractivity contribution >= 4 is 37.6 Å². The molecule has 0 aliphatic carbocycles. The Bertz CT molecular complexity index is 1350. The number of aryl methyl sites for hydroxylation is 1. The Morgan fingerprint density at radius 2 is 1.66 bits per heavy atom. The van der Waals surface area contributed by atoms with Crippen molar-refractivity contribution in [2.24, 2.45) is 5.73 Å². The summed E-state index contributed by atoms with van der Waals surface area (Å²) < 4.78 is 25.6. The molecule has 1 aromatic heterocycles. The second-order valence-electron chi connectivity index (χ2n) is 7.27. The van der Waals surface area contributed by atoms with Crippen LogP contribution in [0.4, 0.5) is 0 Å². The molecule has 0 atom stereocenters. The number of fused-ring (bicyclic) bond motifs is 3. The lowest BCUT2D eigenvalue weighted by Crippen LogP contribution is -2.11. The molecule has 4 rings (SSSR count). The van der Waals surface area contributed by atoms with Crippen molar-refractivity contribution in [1.82, 2.24) is 4.57 Å². The van der Waals surface area contributed by atoms with E-state index in [0.717, 1.165) is 33.8 Å². The van der Waals surface area contributed by atoms with Gasteiger partial charge in [-0.25, -0.2) is 8.42 Å². The van der Waals surface area contributed by atoms with Gasteiger partial charge in [-0.2, -0.15) is 0 Å². The summed E-state index contributed by atoms with van der Waals surface area (Å²) in [6.45, 7) is 2.66. The number of carbonyl (C=O) groups is 1. The summed E-state index contributed by atoms with van der Waals surface area (Å²) in [6.07, 6.45) is 2.11. The third kappa shape index (κ3) is 3.40. The van der Waals surface area contributed by atoms with E-state index >= 15 is 0 Å². The number of carbonyl (C=O) groups excluding carboxylic acids is 1. The van der Waals surface area contributed by atoms with Crippen LogP contribution in [-0.2, 0) is 22.8 Å². The quantitative estimate of drug-likeness (QED) is 0.546. The van der Waals surface area contributed by atoms with Gasteiger partial charge in [0.25, 0.3) is 0 Å². The van der Waals surface area contributed by atoms with Crippen molar-refractivity contribution in [1.29, 1.82) is 0 Å². The van der Waals surface area contributed by atoms with Gasteiger partial charge in [-0.1, -0.05) is 37.3 Å². The second-order valence-corrected chi connectivity index (χ2v) is 9.29. The van der Waals surface area contributed by atoms with Gasteiger partial charge in [0.2, 0.25) is 5.91 Å². The van der Waals surface area contributed by atoms with Crippen LogP contribution in [0.15, 0.2) is 65.6 Å². The van der Waals surface area contributed by atoms with Crippen LogP contribution < -0.4 is 5.73 Å². The fourth-order valence-electron chi connectivity index (χ4n) is 3.81. The molecule has 4 aromatic rings. The van der Waals surface area contributed by atoms with Gasteiger partial charge < -0.3 is 10.3 Å². The fourth-order valence-corrected chi connectivity index (χ4v) is 4.44. The van der Waals surface area contributed by atoms with E-state index < -0.39 is 15.7 Å². The van der Waals surface area contributed by atoms with Gasteiger partial charge in [-0.3, -0.25) is 4.79 Å². The van der Waals surface area contributed by atoms with Crippen LogP contribution in [0.25, 0.3) is 21.8 Å². The summed E-state index contributed by atoms with van der Waals surface area (Å²) >= 11 is 0. The number of hydrogen-bond donors (Lipinski definition) is 1. The molecule has 0 spiro atoms. The van der Waals surface area contributed by atoms with E-state index in [1.807, 2.05) is 30.3 Å². The molecular weight excluding hydrogens is 384 g/mol. The molecule has 3 aromatic carbocycles. The van der Waals surface area contributed by atoms with Gasteiger partial charge in [-0.15, -0.1) is 0 Å². The summed E-state index contributed by atoms with van der Waals surface area (Å²) in [5.41, 5.74) is 10.3. The second kappa shape index (κ2) is 7.04. The van der Waals surface area contributed by atoms with Crippen molar-refractivity contribution in [3.63, 3.8) is 0 Å². The van der Waals surface area contributed by atoms with Gasteiger partial charge in [0.1, 0.15) is 0 Å². The maximum Gasteiger partial charge on any atom is 0.249 e. The van der Waals surface area contributed by atoms with Gasteiger partial charge in [0.05, 0.1) is 10.4 Å². The van der Waals surface area contributed by atoms with E-state index in [4.69, 9.17) is 5.73 Å². The Morgan fingerprint density at radius 3 is 2.28 bits per heavy atom. The molecule has 6 heteroatoms. The Hall–Kier alpha value is -3.12. The van der Waals surface area contributed by atoms with Crippen molar-refractivity contribution in [2.45, 2.75) is 24.8 Å². The molecule has 5 nitrogen and oxygen atoms in total. The van der Waals surface area contributed by atoms with E-state index in [0.29, 0.717) is 17.0 Å². The van der Waals surface area contributed by atoms with Crippen molar-refractivity contribution in [3.05, 3.63) is 77.4 Å². The molecule has 1 amide bonds. The van der Waals surface area contributed by atoms with Crippen LogP contribution in [-0.4, -0.2) is 25.1 Å². The summed E-state index contributed by atoms with van der Waals surface area (Å²) in [6, 6.07) is 18.8. The predicted octanol–water partition coefficient (Wildman–Crippen LogP) is 3.91. The van der Waals surface area contributed by atoms with Crippen LogP contribution >= 0.6 is 0 Å². The minimum Gasteiger partial charge on any atom is -0.366 e. The molecule has 0 fully saturated rings. The Kier molecular flexibility index (Phi) is 4.67. The van der Waals surface area contributed by atoms with Crippen molar-refractivity contribution in [2.75, 3.05) is 6.26 Å². The largest absolute Gasteiger partial charge is 0.366 e. The first-order valence-corrected chi connectivity index (χ1v) is 11.3. The summed E-state index contributed by atoms with van der Waals surface area (Å²) in [4.78, 5) is 12.3. The van der Waals surface area contributed by atoms with Crippen LogP contribution in [0.5, 0.6) is 0 Å². The van der Waals surface area contributed by atoms with Gasteiger partial charge in [0.15, 0.2) is 9.84 Å². The first kappa shape index (κ1) is 19.2. The molecule has 0 aliphatic heterocycles. The van der Waals surface area contributed by atoms with Crippen LogP contribution in [0.2, 0.25) is 0 Å². The first-order valence-electron chi connectivity index (χ1n) is 9.42. The summed E-state index contributed by atoms with van der Waals surface area (Å²) in [5.74, 6) is -0.452. The fraction of sp³-hybridized carbons (Fsp3) is 0.174. The zero-order valence-electron chi connectivity index (χ0n) is 16.3. The molecule has 0 unspecified atom stereocenters. The molecule has 0 aliphatic rings. The number of amides is 1. The van der Waals surface area contributed by atoms with E-state index in [1.54, 1.807) is 18.2 Å². The number of benzene rings is 3. The van der Waals surface area contributed by atoms with E-state index in [1.165, 1.54) is 11.8 Å². The Labute approximate surface area is 169 Å². The maximum atomic E-state index is 12.0. The zero-order valence-corrected chi connectivity index (χ0v) is 17.2. The molecular formula is C23H22N2O3S. The highest BCUT2D eigenvalue weighted by Gasteiger charge is 2.17. The molecule has 0 bridgehead atoms. The number of nitrogens with two attached hydrogens (primary N) is 1. The monoisotopic (exact) mass is 406 g/mol. The molecule has 2 N–H and O–H groups in total. The normalized spacial score (nSPS) is 11.9. The smallest absolute Gasteiger partial charge is 0.249 e. The molecule has 0 radical (unpaired) electrons. The third-order valence-electron chi connectivity index (χ3n) is 5.32. The zero-order chi connectivity index (χ0) is 20.8. The van der Waals surface area contributed by atoms with Crippen molar-refractivity contribution < 1.29 is 13.2 Å². The van der Waals surface area contributed by atoms with Gasteiger partial charge in [0, 0.05) is 34.7 Å². The topological polar surface area (TPSA) is 82.2 Å². The highest BCUT2D eigenvalue weighted by molar-refractivity contribution is 7.90. The van der Waals surface area contributed by atoms with Gasteiger partial charge >= 0.3 is 0 Å². The number of aromatic nitrogens is 1. The number of hydrogen-bond acceptors (Lipinski definition) is 3. The van der Waals surface area contributed by atoms with Crippen molar-refractivity contribution in [3.8, 4) is 0 Å². The third-order valence-corrected chi connectivity index (χ3v) is 6.45. The highest BCUT2D eigenvalue weighted by Crippen LogP contribution is 2.33. The minimum absolute atomic E-state index is 0.299. The number of rotatable bonds is 5. The molecule has 0 saturated heterocycles. The van der Waals surface area contributed by atoms with Gasteiger partial charge in [-0.05, 0) is 47.9 Å². The number of nitrogens with zero attached hydrogens (tertiary/aromatic N) is 1. The minimum atomic E-state index is -3.23. The maximum absolute atomic E-state index is 12.0. The van der Waals surface area contributed by atoms with E-state index in [2.05, 4.69) is 23.6 Å². The predicted molar refractivity (Wildman–Crippen MR) is 116 cm³/mol. The standard InChI is InChI=1S/C23H22N2O3S/c1-3-15-9-12-18-21(13-15)25(20-6-4-5-19(22(18)20)23(24)26)14-16-7-10-17(11-8-16)29(2,27)28/h4-13H,3,14H2,1-2H3,(H2,24,26). The van der Waals surface area contributed by atoms with E-state index in [9.17, 15) is 13.2 Å². The lowest BCUT2D eigenvalue weighted by atomic mass is 10.0. The Balaban J connectivity index is 1.94. The lowest BCUT2D eigenvalue weighted by molar-refractivity contribution is 0.100. The molecule has 148 valence electrons. The average molecular weight is 407 g/mol. The summed E-state index contributed by atoms with van der Waals surface area (Å²) in [7, 11) is -3.23. The molecule has 29 heavy (non-hydrogen) atoms. The average Bonchev–Trinajstić information content (AvgIpc) is 3.00. The van der Waals surface area contributed by atoms with Crippen LogP contribution in [0.1, 0.15) is 28.4 Å². The van der Waals surface area contributed by atoms with E-state index in [-0.39, 0.29) is 0 Å². The molecule has 1 heterocycles. The highest BCUT2D eigenvalue weighted by atomic mass is 32.2.